The van der Waals surface area contributed by atoms with Crippen molar-refractivity contribution >= 4 is 11.6 Å². The van der Waals surface area contributed by atoms with Crippen molar-refractivity contribution in [3.8, 4) is 0 Å². The zero-order valence-electron chi connectivity index (χ0n) is 11.5. The number of anilines is 1. The van der Waals surface area contributed by atoms with E-state index in [1.165, 1.54) is 0 Å². The maximum atomic E-state index is 12.4. The Morgan fingerprint density at radius 2 is 2.21 bits per heavy atom. The molecule has 104 valence electrons. The van der Waals surface area contributed by atoms with Gasteiger partial charge >= 0.3 is 0 Å². The van der Waals surface area contributed by atoms with E-state index in [4.69, 9.17) is 4.74 Å². The largest absolute Gasteiger partial charge is 0.383 e. The standard InChI is InChI=1S/C14H21N3O2/c1-3-16-12-10-15-7-4-11(12)13(18)17-14(2)5-8-19-9-6-14/h4,7,10,16H,3,5-6,8-9H2,1-2H3,(H,17,18). The van der Waals surface area contributed by atoms with Crippen molar-refractivity contribution in [3.05, 3.63) is 24.0 Å². The summed E-state index contributed by atoms with van der Waals surface area (Å²) in [4.78, 5) is 16.4. The summed E-state index contributed by atoms with van der Waals surface area (Å²) in [6.07, 6.45) is 5.02. The van der Waals surface area contributed by atoms with E-state index in [-0.39, 0.29) is 11.4 Å². The molecule has 0 atom stereocenters. The van der Waals surface area contributed by atoms with Crippen LogP contribution in [0.25, 0.3) is 0 Å². The van der Waals surface area contributed by atoms with E-state index < -0.39 is 0 Å². The van der Waals surface area contributed by atoms with Gasteiger partial charge in [-0.15, -0.1) is 0 Å². The Kier molecular flexibility index (Phi) is 4.37. The first-order valence-corrected chi connectivity index (χ1v) is 6.73. The summed E-state index contributed by atoms with van der Waals surface area (Å²) in [5.74, 6) is -0.0530. The molecule has 1 aliphatic rings. The Hall–Kier alpha value is -1.62. The van der Waals surface area contributed by atoms with E-state index in [0.29, 0.717) is 18.8 Å². The number of pyridine rings is 1. The van der Waals surface area contributed by atoms with Gasteiger partial charge in [0.1, 0.15) is 0 Å². The number of carbonyl (C=O) groups is 1. The van der Waals surface area contributed by atoms with Crippen molar-refractivity contribution in [2.24, 2.45) is 0 Å². The first kappa shape index (κ1) is 13.8. The molecule has 2 rings (SSSR count). The van der Waals surface area contributed by atoms with Crippen LogP contribution in [0, 0.1) is 0 Å². The number of aromatic nitrogens is 1. The smallest absolute Gasteiger partial charge is 0.253 e. The molecule has 0 spiro atoms. The zero-order valence-corrected chi connectivity index (χ0v) is 11.5. The molecule has 1 aromatic rings. The fourth-order valence-corrected chi connectivity index (χ4v) is 2.21. The van der Waals surface area contributed by atoms with Crippen LogP contribution < -0.4 is 10.6 Å². The second-order valence-electron chi connectivity index (χ2n) is 5.08. The van der Waals surface area contributed by atoms with E-state index in [1.54, 1.807) is 18.5 Å². The highest BCUT2D eigenvalue weighted by molar-refractivity contribution is 5.99. The highest BCUT2D eigenvalue weighted by Gasteiger charge is 2.29. The van der Waals surface area contributed by atoms with Crippen molar-refractivity contribution in [2.75, 3.05) is 25.1 Å². The van der Waals surface area contributed by atoms with Crippen LogP contribution in [-0.2, 0) is 4.74 Å². The fourth-order valence-electron chi connectivity index (χ4n) is 2.21. The molecule has 19 heavy (non-hydrogen) atoms. The van der Waals surface area contributed by atoms with Gasteiger partial charge in [-0.2, -0.15) is 0 Å². The molecule has 1 amide bonds. The molecule has 0 aliphatic carbocycles. The van der Waals surface area contributed by atoms with E-state index in [9.17, 15) is 4.79 Å². The molecule has 0 saturated carbocycles. The first-order chi connectivity index (χ1) is 9.14. The van der Waals surface area contributed by atoms with Crippen LogP contribution in [0.5, 0.6) is 0 Å². The molecule has 2 heterocycles. The number of ether oxygens (including phenoxy) is 1. The van der Waals surface area contributed by atoms with Crippen LogP contribution in [0.4, 0.5) is 5.69 Å². The molecule has 2 N–H and O–H groups in total. The lowest BCUT2D eigenvalue weighted by Crippen LogP contribution is -2.49. The molecular weight excluding hydrogens is 242 g/mol. The van der Waals surface area contributed by atoms with Gasteiger partial charge in [0.25, 0.3) is 5.91 Å². The van der Waals surface area contributed by atoms with Gasteiger partial charge in [-0.05, 0) is 32.8 Å². The minimum absolute atomic E-state index is 0.0530. The summed E-state index contributed by atoms with van der Waals surface area (Å²) in [7, 11) is 0. The molecule has 0 aromatic carbocycles. The third kappa shape index (κ3) is 3.44. The molecule has 5 heteroatoms. The van der Waals surface area contributed by atoms with Crippen molar-refractivity contribution in [1.82, 2.24) is 10.3 Å². The average Bonchev–Trinajstić information content (AvgIpc) is 2.40. The molecule has 0 unspecified atom stereocenters. The van der Waals surface area contributed by atoms with Gasteiger partial charge in [0, 0.05) is 31.5 Å². The van der Waals surface area contributed by atoms with Gasteiger partial charge in [-0.3, -0.25) is 9.78 Å². The zero-order chi connectivity index (χ0) is 13.7. The van der Waals surface area contributed by atoms with Gasteiger partial charge in [-0.1, -0.05) is 0 Å². The summed E-state index contributed by atoms with van der Waals surface area (Å²) in [6, 6.07) is 1.75. The van der Waals surface area contributed by atoms with Crippen LogP contribution in [0.2, 0.25) is 0 Å². The minimum atomic E-state index is -0.178. The summed E-state index contributed by atoms with van der Waals surface area (Å²) in [5.41, 5.74) is 1.24. The molecule has 0 radical (unpaired) electrons. The molecule has 1 saturated heterocycles. The minimum Gasteiger partial charge on any atom is -0.383 e. The predicted molar refractivity (Wildman–Crippen MR) is 74.3 cm³/mol. The molecule has 0 bridgehead atoms. The molecule has 5 nitrogen and oxygen atoms in total. The summed E-state index contributed by atoms with van der Waals surface area (Å²) in [5, 5.41) is 6.28. The molecule has 1 aromatic heterocycles. The lowest BCUT2D eigenvalue weighted by Gasteiger charge is -2.34. The first-order valence-electron chi connectivity index (χ1n) is 6.73. The number of rotatable bonds is 4. The quantitative estimate of drug-likeness (QED) is 0.869. The highest BCUT2D eigenvalue weighted by atomic mass is 16.5. The maximum Gasteiger partial charge on any atom is 0.253 e. The van der Waals surface area contributed by atoms with Crippen LogP contribution in [0.1, 0.15) is 37.0 Å². The van der Waals surface area contributed by atoms with E-state index in [0.717, 1.165) is 25.1 Å². The topological polar surface area (TPSA) is 63.2 Å². The summed E-state index contributed by atoms with van der Waals surface area (Å²) < 4.78 is 5.34. The van der Waals surface area contributed by atoms with Gasteiger partial charge in [0.2, 0.25) is 0 Å². The predicted octanol–water partition coefficient (Wildman–Crippen LogP) is 1.81. The number of nitrogens with one attached hydrogen (secondary N) is 2. The fraction of sp³-hybridized carbons (Fsp3) is 0.571. The number of hydrogen-bond acceptors (Lipinski definition) is 4. The Morgan fingerprint density at radius 3 is 2.89 bits per heavy atom. The Morgan fingerprint density at radius 1 is 1.47 bits per heavy atom. The van der Waals surface area contributed by atoms with Crippen LogP contribution in [-0.4, -0.2) is 36.2 Å². The normalized spacial score (nSPS) is 17.8. The third-order valence-corrected chi connectivity index (χ3v) is 3.44. The Labute approximate surface area is 113 Å². The van der Waals surface area contributed by atoms with E-state index in [2.05, 4.69) is 22.5 Å². The molecule has 1 aliphatic heterocycles. The van der Waals surface area contributed by atoms with Gasteiger partial charge < -0.3 is 15.4 Å². The van der Waals surface area contributed by atoms with Crippen molar-refractivity contribution < 1.29 is 9.53 Å². The van der Waals surface area contributed by atoms with Crippen molar-refractivity contribution in [3.63, 3.8) is 0 Å². The number of carbonyl (C=O) groups excluding carboxylic acids is 1. The average molecular weight is 263 g/mol. The second-order valence-corrected chi connectivity index (χ2v) is 5.08. The number of nitrogens with zero attached hydrogens (tertiary/aromatic N) is 1. The van der Waals surface area contributed by atoms with Crippen molar-refractivity contribution in [1.29, 1.82) is 0 Å². The van der Waals surface area contributed by atoms with E-state index in [1.807, 2.05) is 6.92 Å². The SMILES string of the molecule is CCNc1cnccc1C(=O)NC1(C)CCOCC1. The van der Waals surface area contributed by atoms with Crippen LogP contribution >= 0.6 is 0 Å². The van der Waals surface area contributed by atoms with Crippen LogP contribution in [0.15, 0.2) is 18.5 Å². The van der Waals surface area contributed by atoms with Crippen molar-refractivity contribution in [2.45, 2.75) is 32.2 Å². The van der Waals surface area contributed by atoms with Gasteiger partial charge in [0.05, 0.1) is 17.4 Å². The Balaban J connectivity index is 2.11. The highest BCUT2D eigenvalue weighted by Crippen LogP contribution is 2.21. The monoisotopic (exact) mass is 263 g/mol. The maximum absolute atomic E-state index is 12.4. The van der Waals surface area contributed by atoms with E-state index >= 15 is 0 Å². The third-order valence-electron chi connectivity index (χ3n) is 3.44. The van der Waals surface area contributed by atoms with Gasteiger partial charge in [0.15, 0.2) is 0 Å². The number of amides is 1. The molecule has 1 fully saturated rings. The lowest BCUT2D eigenvalue weighted by molar-refractivity contribution is 0.0423. The Bertz CT molecular complexity index is 442. The molecular formula is C14H21N3O2. The summed E-state index contributed by atoms with van der Waals surface area (Å²) in [6.45, 7) is 6.23. The van der Waals surface area contributed by atoms with Crippen LogP contribution in [0.3, 0.4) is 0 Å². The lowest BCUT2D eigenvalue weighted by atomic mass is 9.92. The van der Waals surface area contributed by atoms with Gasteiger partial charge in [-0.25, -0.2) is 0 Å². The number of hydrogen-bond donors (Lipinski definition) is 2. The second kappa shape index (κ2) is 6.02. The summed E-state index contributed by atoms with van der Waals surface area (Å²) >= 11 is 0.